The average molecular weight is 388 g/mol. The van der Waals surface area contributed by atoms with Crippen LogP contribution in [0.2, 0.25) is 0 Å². The van der Waals surface area contributed by atoms with Gasteiger partial charge in [0.25, 0.3) is 0 Å². The maximum absolute atomic E-state index is 12.4. The van der Waals surface area contributed by atoms with Crippen LogP contribution >= 0.6 is 0 Å². The highest BCUT2D eigenvalue weighted by atomic mass is 16.5. The molecule has 0 aromatic heterocycles. The lowest BCUT2D eigenvalue weighted by Crippen LogP contribution is -2.53. The third-order valence-corrected chi connectivity index (χ3v) is 5.41. The molecule has 2 aliphatic heterocycles. The van der Waals surface area contributed by atoms with Gasteiger partial charge in [0.15, 0.2) is 5.96 Å². The number of hydrogen-bond donors (Lipinski definition) is 1. The van der Waals surface area contributed by atoms with E-state index in [2.05, 4.69) is 33.1 Å². The van der Waals surface area contributed by atoms with Crippen LogP contribution in [0, 0.1) is 0 Å². The minimum absolute atomic E-state index is 0.141. The number of carbonyl (C=O) groups is 1. The van der Waals surface area contributed by atoms with Crippen LogP contribution < -0.4 is 15.0 Å². The lowest BCUT2D eigenvalue weighted by atomic mass is 10.1. The number of ether oxygens (including phenoxy) is 1. The number of anilines is 1. The third-order valence-electron chi connectivity index (χ3n) is 5.41. The molecule has 28 heavy (non-hydrogen) atoms. The van der Waals surface area contributed by atoms with Gasteiger partial charge in [-0.2, -0.15) is 0 Å². The summed E-state index contributed by atoms with van der Waals surface area (Å²) in [6, 6.07) is 8.14. The van der Waals surface area contributed by atoms with Crippen LogP contribution in [0.25, 0.3) is 0 Å². The Kier molecular flexibility index (Phi) is 7.39. The van der Waals surface area contributed by atoms with Crippen molar-refractivity contribution in [3.63, 3.8) is 0 Å². The first-order chi connectivity index (χ1) is 13.7. The van der Waals surface area contributed by atoms with Gasteiger partial charge in [0, 0.05) is 45.8 Å². The van der Waals surface area contributed by atoms with Crippen molar-refractivity contribution < 1.29 is 9.53 Å². The number of amides is 1. The monoisotopic (exact) mass is 387 g/mol. The van der Waals surface area contributed by atoms with Crippen molar-refractivity contribution in [2.24, 2.45) is 4.99 Å². The normalized spacial score (nSPS) is 18.2. The molecule has 0 atom stereocenters. The number of nitrogens with one attached hydrogen (secondary N) is 1. The summed E-state index contributed by atoms with van der Waals surface area (Å²) >= 11 is 0. The van der Waals surface area contributed by atoms with Gasteiger partial charge in [-0.1, -0.05) is 12.1 Å². The molecule has 1 aromatic carbocycles. The number of methoxy groups -OCH3 is 1. The molecular formula is C21H33N5O2. The summed E-state index contributed by atoms with van der Waals surface area (Å²) < 4.78 is 5.50. The molecule has 1 amide bonds. The number of nitrogens with zero attached hydrogens (tertiary/aromatic N) is 4. The molecule has 3 rings (SSSR count). The third kappa shape index (κ3) is 5.09. The Morgan fingerprint density at radius 2 is 1.75 bits per heavy atom. The number of guanidine groups is 1. The largest absolute Gasteiger partial charge is 0.495 e. The van der Waals surface area contributed by atoms with Gasteiger partial charge >= 0.3 is 0 Å². The lowest BCUT2D eigenvalue weighted by Gasteiger charge is -2.38. The number of para-hydroxylation sites is 2. The molecule has 0 radical (unpaired) electrons. The maximum atomic E-state index is 12.4. The van der Waals surface area contributed by atoms with Crippen LogP contribution in [-0.4, -0.2) is 81.1 Å². The fraction of sp³-hybridized carbons (Fsp3) is 0.619. The van der Waals surface area contributed by atoms with Crippen molar-refractivity contribution in [2.45, 2.75) is 26.2 Å². The second kappa shape index (κ2) is 10.2. The predicted octanol–water partition coefficient (Wildman–Crippen LogP) is 1.80. The Labute approximate surface area is 168 Å². The molecule has 2 fully saturated rings. The maximum Gasteiger partial charge on any atom is 0.244 e. The first-order valence-corrected chi connectivity index (χ1v) is 10.4. The zero-order valence-electron chi connectivity index (χ0n) is 17.2. The van der Waals surface area contributed by atoms with Gasteiger partial charge in [-0.05, 0) is 38.3 Å². The highest BCUT2D eigenvalue weighted by Gasteiger charge is 2.22. The molecule has 0 aliphatic carbocycles. The Morgan fingerprint density at radius 1 is 1.04 bits per heavy atom. The van der Waals surface area contributed by atoms with E-state index in [1.807, 2.05) is 23.1 Å². The standard InChI is InChI=1S/C21H33N5O2/c1-3-22-21(23-17-20(27)25-11-7-4-8-12-25)26-15-13-24(14-16-26)18-9-5-6-10-19(18)28-2/h5-6,9-10H,3-4,7-8,11-17H2,1-2H3,(H,22,23). The molecule has 1 aromatic rings. The second-order valence-electron chi connectivity index (χ2n) is 7.26. The first kappa shape index (κ1) is 20.3. The van der Waals surface area contributed by atoms with E-state index < -0.39 is 0 Å². The number of rotatable bonds is 5. The van der Waals surface area contributed by atoms with E-state index >= 15 is 0 Å². The van der Waals surface area contributed by atoms with Gasteiger partial charge in [0.2, 0.25) is 5.91 Å². The van der Waals surface area contributed by atoms with Gasteiger partial charge in [-0.15, -0.1) is 0 Å². The number of aliphatic imine (C=N–C) groups is 1. The Balaban J connectivity index is 1.58. The highest BCUT2D eigenvalue weighted by Crippen LogP contribution is 2.28. The lowest BCUT2D eigenvalue weighted by molar-refractivity contribution is -0.130. The van der Waals surface area contributed by atoms with E-state index in [1.165, 1.54) is 6.42 Å². The Bertz CT molecular complexity index is 665. The summed E-state index contributed by atoms with van der Waals surface area (Å²) in [6.07, 6.45) is 3.45. The molecule has 7 heteroatoms. The van der Waals surface area contributed by atoms with Gasteiger partial charge < -0.3 is 24.8 Å². The molecule has 154 valence electrons. The molecule has 0 bridgehead atoms. The van der Waals surface area contributed by atoms with Crippen molar-refractivity contribution in [2.75, 3.05) is 64.4 Å². The fourth-order valence-electron chi connectivity index (χ4n) is 3.86. The zero-order chi connectivity index (χ0) is 19.8. The Morgan fingerprint density at radius 3 is 2.43 bits per heavy atom. The molecule has 1 N–H and O–H groups in total. The van der Waals surface area contributed by atoms with Crippen LogP contribution in [0.5, 0.6) is 5.75 Å². The molecule has 0 saturated carbocycles. The predicted molar refractivity (Wildman–Crippen MR) is 113 cm³/mol. The van der Waals surface area contributed by atoms with Gasteiger partial charge in [0.1, 0.15) is 12.3 Å². The quantitative estimate of drug-likeness (QED) is 0.617. The molecule has 2 aliphatic rings. The molecule has 2 saturated heterocycles. The smallest absolute Gasteiger partial charge is 0.244 e. The van der Waals surface area contributed by atoms with Crippen LogP contribution in [0.1, 0.15) is 26.2 Å². The topological polar surface area (TPSA) is 60.4 Å². The highest BCUT2D eigenvalue weighted by molar-refractivity contribution is 5.85. The van der Waals surface area contributed by atoms with Gasteiger partial charge in [0.05, 0.1) is 12.8 Å². The fourth-order valence-corrected chi connectivity index (χ4v) is 3.86. The summed E-state index contributed by atoms with van der Waals surface area (Å²) in [4.78, 5) is 23.6. The van der Waals surface area contributed by atoms with E-state index in [-0.39, 0.29) is 12.5 Å². The summed E-state index contributed by atoms with van der Waals surface area (Å²) in [5.41, 5.74) is 1.13. The molecular weight excluding hydrogens is 354 g/mol. The van der Waals surface area contributed by atoms with E-state index in [9.17, 15) is 4.79 Å². The number of carbonyl (C=O) groups excluding carboxylic acids is 1. The summed E-state index contributed by atoms with van der Waals surface area (Å²) in [5, 5.41) is 3.35. The van der Waals surface area contributed by atoms with Crippen LogP contribution in [-0.2, 0) is 4.79 Å². The van der Waals surface area contributed by atoms with E-state index in [0.717, 1.165) is 76.1 Å². The van der Waals surface area contributed by atoms with E-state index in [0.29, 0.717) is 0 Å². The number of likely N-dealkylation sites (tertiary alicyclic amines) is 1. The second-order valence-corrected chi connectivity index (χ2v) is 7.26. The van der Waals surface area contributed by atoms with E-state index in [4.69, 9.17) is 4.74 Å². The van der Waals surface area contributed by atoms with Crippen molar-refractivity contribution in [3.05, 3.63) is 24.3 Å². The van der Waals surface area contributed by atoms with Gasteiger partial charge in [-0.25, -0.2) is 4.99 Å². The van der Waals surface area contributed by atoms with Gasteiger partial charge in [-0.3, -0.25) is 4.79 Å². The average Bonchev–Trinajstić information content (AvgIpc) is 2.77. The van der Waals surface area contributed by atoms with Crippen LogP contribution in [0.15, 0.2) is 29.3 Å². The summed E-state index contributed by atoms with van der Waals surface area (Å²) in [7, 11) is 1.71. The molecule has 0 unspecified atom stereocenters. The number of hydrogen-bond acceptors (Lipinski definition) is 4. The number of benzene rings is 1. The van der Waals surface area contributed by atoms with Crippen molar-refractivity contribution in [1.82, 2.24) is 15.1 Å². The number of piperazine rings is 1. The van der Waals surface area contributed by atoms with E-state index in [1.54, 1.807) is 7.11 Å². The Hall–Kier alpha value is -2.44. The summed E-state index contributed by atoms with van der Waals surface area (Å²) in [6.45, 7) is 8.36. The van der Waals surface area contributed by atoms with Crippen LogP contribution in [0.4, 0.5) is 5.69 Å². The van der Waals surface area contributed by atoms with Crippen molar-refractivity contribution >= 4 is 17.6 Å². The number of piperidine rings is 1. The molecule has 0 spiro atoms. The molecule has 7 nitrogen and oxygen atoms in total. The van der Waals surface area contributed by atoms with Crippen LogP contribution in [0.3, 0.4) is 0 Å². The SMILES string of the molecule is CCNC(=NCC(=O)N1CCCCC1)N1CCN(c2ccccc2OC)CC1. The molecule has 2 heterocycles. The van der Waals surface area contributed by atoms with Crippen molar-refractivity contribution in [1.29, 1.82) is 0 Å². The first-order valence-electron chi connectivity index (χ1n) is 10.4. The van der Waals surface area contributed by atoms with Crippen molar-refractivity contribution in [3.8, 4) is 5.75 Å². The summed E-state index contributed by atoms with van der Waals surface area (Å²) in [5.74, 6) is 1.89. The minimum atomic E-state index is 0.141. The zero-order valence-corrected chi connectivity index (χ0v) is 17.2. The minimum Gasteiger partial charge on any atom is -0.495 e.